The van der Waals surface area contributed by atoms with Gasteiger partial charge in [-0.3, -0.25) is 4.79 Å². The summed E-state index contributed by atoms with van der Waals surface area (Å²) in [5, 5.41) is 10.1. The highest BCUT2D eigenvalue weighted by Crippen LogP contribution is 2.27. The number of fused-ring (bicyclic) bond motifs is 1. The Bertz CT molecular complexity index is 1100. The molecule has 8 heteroatoms. The number of H-pyrrole nitrogens is 1. The van der Waals surface area contributed by atoms with Gasteiger partial charge >= 0.3 is 0 Å². The maximum Gasteiger partial charge on any atom is 0.277 e. The van der Waals surface area contributed by atoms with Crippen LogP contribution in [-0.4, -0.2) is 52.6 Å². The second-order valence-corrected chi connectivity index (χ2v) is 7.25. The first kappa shape index (κ1) is 20.0. The van der Waals surface area contributed by atoms with Crippen LogP contribution in [-0.2, 0) is 9.47 Å². The van der Waals surface area contributed by atoms with Gasteiger partial charge in [0.25, 0.3) is 5.91 Å². The van der Waals surface area contributed by atoms with Crippen molar-refractivity contribution in [3.05, 3.63) is 48.2 Å². The normalized spacial score (nSPS) is 16.5. The summed E-state index contributed by atoms with van der Waals surface area (Å²) in [7, 11) is 1.65. The van der Waals surface area contributed by atoms with E-state index in [1.807, 2.05) is 10.6 Å². The summed E-state index contributed by atoms with van der Waals surface area (Å²) >= 11 is 0. The first-order valence-electron chi connectivity index (χ1n) is 9.94. The molecule has 8 nitrogen and oxygen atoms in total. The molecule has 0 atom stereocenters. The minimum Gasteiger partial charge on any atom is -0.382 e. The Labute approximate surface area is 174 Å². The molecule has 0 saturated heterocycles. The number of hydrogen-bond donors (Lipinski definition) is 1. The molecule has 3 aromatic rings. The van der Waals surface area contributed by atoms with Gasteiger partial charge in [0.05, 0.1) is 36.8 Å². The molecule has 1 aliphatic rings. The van der Waals surface area contributed by atoms with E-state index in [1.165, 1.54) is 0 Å². The zero-order valence-corrected chi connectivity index (χ0v) is 16.8. The van der Waals surface area contributed by atoms with Crippen molar-refractivity contribution in [1.29, 1.82) is 5.26 Å². The van der Waals surface area contributed by atoms with Gasteiger partial charge in [0, 0.05) is 48.0 Å². The number of carbonyl (C=O) groups is 1. The Morgan fingerprint density at radius 2 is 2.20 bits per heavy atom. The van der Waals surface area contributed by atoms with Crippen LogP contribution in [0.4, 0.5) is 0 Å². The van der Waals surface area contributed by atoms with Crippen LogP contribution >= 0.6 is 0 Å². The highest BCUT2D eigenvalue weighted by Gasteiger charge is 2.21. The molecule has 0 bridgehead atoms. The van der Waals surface area contributed by atoms with Crippen LogP contribution in [0, 0.1) is 11.3 Å². The molecule has 1 aliphatic carbocycles. The van der Waals surface area contributed by atoms with Crippen LogP contribution in [0.5, 0.6) is 0 Å². The number of carbonyl (C=O) groups excluding carboxylic acids is 1. The fourth-order valence-electron chi connectivity index (χ4n) is 3.78. The Kier molecular flexibility index (Phi) is 6.02. The molecule has 0 unspecified atom stereocenters. The molecule has 0 aliphatic heterocycles. The molecule has 1 fully saturated rings. The number of nitrogens with zero attached hydrogens (tertiary/aromatic N) is 4. The Morgan fingerprint density at radius 3 is 2.90 bits per heavy atom. The second-order valence-electron chi connectivity index (χ2n) is 7.25. The zero-order chi connectivity index (χ0) is 20.9. The van der Waals surface area contributed by atoms with Gasteiger partial charge in [-0.2, -0.15) is 5.26 Å². The maximum absolute atomic E-state index is 13.1. The minimum absolute atomic E-state index is 0.181. The lowest BCUT2D eigenvalue weighted by Crippen LogP contribution is -2.23. The lowest BCUT2D eigenvalue weighted by molar-refractivity contribution is 0.00822. The zero-order valence-electron chi connectivity index (χ0n) is 16.8. The molecule has 2 aromatic heterocycles. The maximum atomic E-state index is 13.1. The third kappa shape index (κ3) is 4.17. The van der Waals surface area contributed by atoms with Gasteiger partial charge in [-0.25, -0.2) is 9.98 Å². The monoisotopic (exact) mass is 405 g/mol. The van der Waals surface area contributed by atoms with Crippen LogP contribution in [0.2, 0.25) is 0 Å². The van der Waals surface area contributed by atoms with E-state index < -0.39 is 0 Å². The van der Waals surface area contributed by atoms with Crippen molar-refractivity contribution in [2.45, 2.75) is 31.8 Å². The fraction of sp³-hybridized carbons (Fsp3) is 0.364. The van der Waals surface area contributed by atoms with Gasteiger partial charge in [0.2, 0.25) is 0 Å². The summed E-state index contributed by atoms with van der Waals surface area (Å²) in [5.41, 5.74) is 3.23. The second kappa shape index (κ2) is 9.03. The molecule has 1 saturated carbocycles. The van der Waals surface area contributed by atoms with Gasteiger partial charge < -0.3 is 19.0 Å². The average Bonchev–Trinajstić information content (AvgIpc) is 3.44. The van der Waals surface area contributed by atoms with E-state index in [0.29, 0.717) is 29.7 Å². The van der Waals surface area contributed by atoms with Crippen LogP contribution < -0.4 is 0 Å². The number of aromatic nitrogens is 3. The Hall–Kier alpha value is -3.28. The highest BCUT2D eigenvalue weighted by molar-refractivity contribution is 6.13. The number of aromatic amines is 1. The molecular weight excluding hydrogens is 382 g/mol. The first-order chi connectivity index (χ1) is 14.7. The largest absolute Gasteiger partial charge is 0.382 e. The van der Waals surface area contributed by atoms with Gasteiger partial charge in [0.1, 0.15) is 6.07 Å². The van der Waals surface area contributed by atoms with Crippen LogP contribution in [0.25, 0.3) is 16.6 Å². The molecule has 30 heavy (non-hydrogen) atoms. The molecule has 1 N–H and O–H groups in total. The molecule has 1 amide bonds. The standard InChI is InChI=1S/C22H23N5O3/c1-29-8-9-30-18-4-2-16(3-5-18)26-22(28)19-10-17(27-7-6-24-14-27)11-20-21(19)15(12-23)13-25-20/h6-7,10-11,13-14,18,25H,2-5,8-9H2,1H3. The summed E-state index contributed by atoms with van der Waals surface area (Å²) < 4.78 is 12.6. The van der Waals surface area contributed by atoms with Gasteiger partial charge in [0.15, 0.2) is 0 Å². The van der Waals surface area contributed by atoms with Crippen LogP contribution in [0.3, 0.4) is 0 Å². The summed E-state index contributed by atoms with van der Waals surface area (Å²) in [6, 6.07) is 5.82. The average molecular weight is 405 g/mol. The molecule has 0 spiro atoms. The van der Waals surface area contributed by atoms with Crippen molar-refractivity contribution in [3.8, 4) is 11.8 Å². The minimum atomic E-state index is -0.327. The van der Waals surface area contributed by atoms with Crippen molar-refractivity contribution in [3.63, 3.8) is 0 Å². The predicted molar refractivity (Wildman–Crippen MR) is 112 cm³/mol. The van der Waals surface area contributed by atoms with E-state index in [4.69, 9.17) is 9.47 Å². The van der Waals surface area contributed by atoms with Crippen molar-refractivity contribution < 1.29 is 14.3 Å². The Balaban J connectivity index is 1.59. The van der Waals surface area contributed by atoms with Crippen LogP contribution in [0.15, 0.2) is 42.0 Å². The number of ether oxygens (including phenoxy) is 2. The third-order valence-corrected chi connectivity index (χ3v) is 5.33. The van der Waals surface area contributed by atoms with Gasteiger partial charge in [-0.15, -0.1) is 0 Å². The SMILES string of the molecule is COCCOC1CCC(=NC(=O)c2cc(-n3ccnc3)cc3[nH]cc(C#N)c23)CC1. The van der Waals surface area contributed by atoms with E-state index in [-0.39, 0.29) is 12.0 Å². The molecular formula is C22H23N5O3. The summed E-state index contributed by atoms with van der Waals surface area (Å²) in [6.45, 7) is 1.16. The van der Waals surface area contributed by atoms with E-state index in [0.717, 1.165) is 42.6 Å². The molecule has 0 radical (unpaired) electrons. The van der Waals surface area contributed by atoms with Crippen molar-refractivity contribution in [2.75, 3.05) is 20.3 Å². The van der Waals surface area contributed by atoms with E-state index in [1.54, 1.807) is 38.1 Å². The fourth-order valence-corrected chi connectivity index (χ4v) is 3.78. The predicted octanol–water partition coefficient (Wildman–Crippen LogP) is 3.41. The summed E-state index contributed by atoms with van der Waals surface area (Å²) in [6.07, 6.45) is 10.1. The third-order valence-electron chi connectivity index (χ3n) is 5.33. The number of aliphatic imine (C=N–C) groups is 1. The number of imidazole rings is 1. The molecule has 154 valence electrons. The number of nitriles is 1. The van der Waals surface area contributed by atoms with Gasteiger partial charge in [-0.05, 0) is 37.8 Å². The van der Waals surface area contributed by atoms with E-state index in [2.05, 4.69) is 21.0 Å². The number of methoxy groups -OCH3 is 1. The number of nitrogens with one attached hydrogen (secondary N) is 1. The summed E-state index contributed by atoms with van der Waals surface area (Å²) in [4.78, 5) is 24.7. The molecule has 1 aromatic carbocycles. The number of amides is 1. The number of hydrogen-bond acceptors (Lipinski definition) is 5. The Morgan fingerprint density at radius 1 is 1.37 bits per heavy atom. The lowest BCUT2D eigenvalue weighted by atomic mass is 9.95. The van der Waals surface area contributed by atoms with Crippen molar-refractivity contribution in [1.82, 2.24) is 14.5 Å². The quantitative estimate of drug-likeness (QED) is 0.633. The topological polar surface area (TPSA) is 105 Å². The van der Waals surface area contributed by atoms with E-state index >= 15 is 0 Å². The highest BCUT2D eigenvalue weighted by atomic mass is 16.5. The molecule has 2 heterocycles. The first-order valence-corrected chi connectivity index (χ1v) is 9.94. The van der Waals surface area contributed by atoms with Crippen LogP contribution in [0.1, 0.15) is 41.6 Å². The lowest BCUT2D eigenvalue weighted by Gasteiger charge is -2.23. The smallest absolute Gasteiger partial charge is 0.277 e. The number of rotatable bonds is 6. The van der Waals surface area contributed by atoms with E-state index in [9.17, 15) is 10.1 Å². The molecule has 4 rings (SSSR count). The van der Waals surface area contributed by atoms with Crippen molar-refractivity contribution >= 4 is 22.5 Å². The summed E-state index contributed by atoms with van der Waals surface area (Å²) in [5.74, 6) is -0.327. The number of benzene rings is 1. The van der Waals surface area contributed by atoms with Crippen molar-refractivity contribution in [2.24, 2.45) is 4.99 Å². The van der Waals surface area contributed by atoms with Gasteiger partial charge in [-0.1, -0.05) is 0 Å².